The summed E-state index contributed by atoms with van der Waals surface area (Å²) in [6, 6.07) is 5.54. The average molecular weight is 227 g/mol. The fraction of sp³-hybridized carbons (Fsp3) is 0.250. The van der Waals surface area contributed by atoms with Crippen molar-refractivity contribution in [2.24, 2.45) is 0 Å². The van der Waals surface area contributed by atoms with Gasteiger partial charge in [-0.05, 0) is 18.1 Å². The number of hydrogen-bond acceptors (Lipinski definition) is 4. The molecule has 0 aliphatic carbocycles. The Morgan fingerprint density at radius 3 is 2.76 bits per heavy atom. The molecule has 2 aromatic rings. The van der Waals surface area contributed by atoms with Gasteiger partial charge < -0.3 is 5.73 Å². The largest absolute Gasteiger partial charge is 0.395 e. The highest BCUT2D eigenvalue weighted by Gasteiger charge is 2.10. The third-order valence-electron chi connectivity index (χ3n) is 2.51. The minimum absolute atomic E-state index is 0.344. The smallest absolute Gasteiger partial charge is 0.177 e. The Kier molecular flexibility index (Phi) is 2.79. The van der Waals surface area contributed by atoms with Crippen molar-refractivity contribution in [2.45, 2.75) is 19.8 Å². The summed E-state index contributed by atoms with van der Waals surface area (Å²) in [6.45, 7) is 4.13. The van der Waals surface area contributed by atoms with Crippen LogP contribution in [0, 0.1) is 11.3 Å². The molecule has 17 heavy (non-hydrogen) atoms. The Morgan fingerprint density at radius 1 is 1.41 bits per heavy atom. The van der Waals surface area contributed by atoms with Crippen molar-refractivity contribution >= 4 is 5.69 Å². The van der Waals surface area contributed by atoms with Crippen molar-refractivity contribution in [2.75, 3.05) is 5.73 Å². The molecular weight excluding hydrogens is 214 g/mol. The van der Waals surface area contributed by atoms with Crippen LogP contribution in [-0.2, 0) is 0 Å². The number of anilines is 1. The zero-order valence-corrected chi connectivity index (χ0v) is 9.75. The Bertz CT molecular complexity index is 577. The lowest BCUT2D eigenvalue weighted by molar-refractivity contribution is 0.759. The van der Waals surface area contributed by atoms with Crippen molar-refractivity contribution in [3.05, 3.63) is 35.8 Å². The van der Waals surface area contributed by atoms with E-state index in [1.54, 1.807) is 23.1 Å². The van der Waals surface area contributed by atoms with Crippen molar-refractivity contribution in [1.29, 1.82) is 5.26 Å². The second-order valence-electron chi connectivity index (χ2n) is 4.05. The van der Waals surface area contributed by atoms with Gasteiger partial charge in [0.15, 0.2) is 5.82 Å². The van der Waals surface area contributed by atoms with E-state index >= 15 is 0 Å². The van der Waals surface area contributed by atoms with E-state index in [0.717, 1.165) is 5.69 Å². The second-order valence-corrected chi connectivity index (χ2v) is 4.05. The second kappa shape index (κ2) is 4.26. The van der Waals surface area contributed by atoms with E-state index in [-0.39, 0.29) is 0 Å². The maximum Gasteiger partial charge on any atom is 0.177 e. The number of aromatic nitrogens is 3. The van der Waals surface area contributed by atoms with E-state index in [2.05, 4.69) is 23.9 Å². The van der Waals surface area contributed by atoms with Crippen LogP contribution >= 0.6 is 0 Å². The van der Waals surface area contributed by atoms with Gasteiger partial charge >= 0.3 is 0 Å². The van der Waals surface area contributed by atoms with Crippen LogP contribution in [0.5, 0.6) is 0 Å². The van der Waals surface area contributed by atoms with Crippen LogP contribution in [0.4, 0.5) is 5.69 Å². The Balaban J connectivity index is 2.50. The van der Waals surface area contributed by atoms with Crippen molar-refractivity contribution in [1.82, 2.24) is 14.8 Å². The molecule has 5 nitrogen and oxygen atoms in total. The molecule has 2 N–H and O–H groups in total. The number of rotatable bonds is 2. The summed E-state index contributed by atoms with van der Waals surface area (Å²) in [5.74, 6) is 0.840. The lowest BCUT2D eigenvalue weighted by atomic mass is 10.1. The summed E-state index contributed by atoms with van der Waals surface area (Å²) in [5, 5.41) is 13.3. The third-order valence-corrected chi connectivity index (χ3v) is 2.51. The summed E-state index contributed by atoms with van der Waals surface area (Å²) in [6.07, 6.45) is 3.36. The zero-order chi connectivity index (χ0) is 12.4. The lowest BCUT2D eigenvalue weighted by Gasteiger charge is -2.05. The standard InChI is InChI=1S/C12H13N5/c1-8(2)10-4-6-17(16-10)12-11(14)9(7-13)3-5-15-12/h3-6,8H,14H2,1-2H3. The number of nitrogen functional groups attached to an aromatic ring is 1. The van der Waals surface area contributed by atoms with E-state index < -0.39 is 0 Å². The molecule has 0 fully saturated rings. The molecule has 0 saturated heterocycles. The molecule has 0 unspecified atom stereocenters. The van der Waals surface area contributed by atoms with Crippen molar-refractivity contribution < 1.29 is 0 Å². The first-order chi connectivity index (χ1) is 8.13. The fourth-order valence-corrected chi connectivity index (χ4v) is 1.51. The summed E-state index contributed by atoms with van der Waals surface area (Å²) in [4.78, 5) is 4.15. The van der Waals surface area contributed by atoms with E-state index in [4.69, 9.17) is 11.0 Å². The van der Waals surface area contributed by atoms with Gasteiger partial charge in [-0.1, -0.05) is 13.8 Å². The van der Waals surface area contributed by atoms with Crippen LogP contribution in [0.3, 0.4) is 0 Å². The molecule has 2 heterocycles. The third kappa shape index (κ3) is 1.97. The minimum Gasteiger partial charge on any atom is -0.395 e. The Labute approximate surface area is 99.5 Å². The van der Waals surface area contributed by atoms with Crippen LogP contribution < -0.4 is 5.73 Å². The van der Waals surface area contributed by atoms with Gasteiger partial charge in [0.1, 0.15) is 6.07 Å². The highest BCUT2D eigenvalue weighted by atomic mass is 15.3. The topological polar surface area (TPSA) is 80.5 Å². The molecular formula is C12H13N5. The molecule has 2 aromatic heterocycles. The van der Waals surface area contributed by atoms with Crippen molar-refractivity contribution in [3.63, 3.8) is 0 Å². The zero-order valence-electron chi connectivity index (χ0n) is 9.75. The van der Waals surface area contributed by atoms with E-state index in [1.807, 2.05) is 12.1 Å². The summed E-state index contributed by atoms with van der Waals surface area (Å²) in [7, 11) is 0. The summed E-state index contributed by atoms with van der Waals surface area (Å²) >= 11 is 0. The number of pyridine rings is 1. The van der Waals surface area contributed by atoms with Gasteiger partial charge in [0.2, 0.25) is 0 Å². The van der Waals surface area contributed by atoms with Gasteiger partial charge in [-0.25, -0.2) is 9.67 Å². The number of nitrogens with two attached hydrogens (primary N) is 1. The average Bonchev–Trinajstić information content (AvgIpc) is 2.78. The first kappa shape index (κ1) is 11.1. The summed E-state index contributed by atoms with van der Waals surface area (Å²) in [5.41, 5.74) is 7.60. The molecule has 0 radical (unpaired) electrons. The molecule has 0 atom stereocenters. The Morgan fingerprint density at radius 2 is 2.18 bits per heavy atom. The molecule has 0 aliphatic heterocycles. The normalized spacial score (nSPS) is 10.5. The monoisotopic (exact) mass is 227 g/mol. The van der Waals surface area contributed by atoms with Crippen LogP contribution in [0.25, 0.3) is 5.82 Å². The molecule has 0 aliphatic rings. The highest BCUT2D eigenvalue weighted by molar-refractivity contribution is 5.62. The molecule has 0 bridgehead atoms. The van der Waals surface area contributed by atoms with Gasteiger partial charge in [0, 0.05) is 12.4 Å². The van der Waals surface area contributed by atoms with Crippen LogP contribution in [0.1, 0.15) is 31.0 Å². The summed E-state index contributed by atoms with van der Waals surface area (Å²) < 4.78 is 1.60. The highest BCUT2D eigenvalue weighted by Crippen LogP contribution is 2.19. The van der Waals surface area contributed by atoms with E-state index in [1.165, 1.54) is 0 Å². The van der Waals surface area contributed by atoms with Gasteiger partial charge in [0.25, 0.3) is 0 Å². The molecule has 0 spiro atoms. The SMILES string of the molecule is CC(C)c1ccn(-c2nccc(C#N)c2N)n1. The molecule has 5 heteroatoms. The van der Waals surface area contributed by atoms with Gasteiger partial charge in [-0.2, -0.15) is 10.4 Å². The van der Waals surface area contributed by atoms with Crippen LogP contribution in [-0.4, -0.2) is 14.8 Å². The van der Waals surface area contributed by atoms with E-state index in [0.29, 0.717) is 23.0 Å². The maximum atomic E-state index is 8.90. The number of hydrogen-bond donors (Lipinski definition) is 1. The number of nitriles is 1. The molecule has 86 valence electrons. The first-order valence-corrected chi connectivity index (χ1v) is 5.34. The van der Waals surface area contributed by atoms with Gasteiger partial charge in [0.05, 0.1) is 16.9 Å². The fourth-order valence-electron chi connectivity index (χ4n) is 1.51. The lowest BCUT2D eigenvalue weighted by Crippen LogP contribution is -2.05. The van der Waals surface area contributed by atoms with Crippen LogP contribution in [0.2, 0.25) is 0 Å². The van der Waals surface area contributed by atoms with Gasteiger partial charge in [-0.15, -0.1) is 0 Å². The molecule has 0 aromatic carbocycles. The predicted molar refractivity (Wildman–Crippen MR) is 64.6 cm³/mol. The first-order valence-electron chi connectivity index (χ1n) is 5.34. The quantitative estimate of drug-likeness (QED) is 0.848. The molecule has 0 amide bonds. The minimum atomic E-state index is 0.344. The number of nitrogens with zero attached hydrogens (tertiary/aromatic N) is 4. The maximum absolute atomic E-state index is 8.90. The molecule has 2 rings (SSSR count). The Hall–Kier alpha value is -2.35. The van der Waals surface area contributed by atoms with E-state index in [9.17, 15) is 0 Å². The predicted octanol–water partition coefficient (Wildman–Crippen LogP) is 1.84. The van der Waals surface area contributed by atoms with Crippen LogP contribution in [0.15, 0.2) is 24.5 Å². The molecule has 0 saturated carbocycles. The van der Waals surface area contributed by atoms with Gasteiger partial charge in [-0.3, -0.25) is 0 Å². The van der Waals surface area contributed by atoms with Crippen molar-refractivity contribution in [3.8, 4) is 11.9 Å².